The number of carbonyl (C=O) groups excluding carboxylic acids is 1. The monoisotopic (exact) mass is 278 g/mol. The molecule has 1 fully saturated rings. The first-order valence-electron chi connectivity index (χ1n) is 6.62. The quantitative estimate of drug-likeness (QED) is 0.782. The third-order valence-corrected chi connectivity index (χ3v) is 3.36. The summed E-state index contributed by atoms with van der Waals surface area (Å²) in [7, 11) is 0. The maximum atomic E-state index is 11.9. The van der Waals surface area contributed by atoms with Crippen molar-refractivity contribution in [3.63, 3.8) is 0 Å². The molecular formula is C14H18N2O4. The van der Waals surface area contributed by atoms with Gasteiger partial charge in [-0.2, -0.15) is 4.98 Å². The summed E-state index contributed by atoms with van der Waals surface area (Å²) in [4.78, 5) is 17.5. The van der Waals surface area contributed by atoms with Gasteiger partial charge in [-0.1, -0.05) is 0 Å². The van der Waals surface area contributed by atoms with E-state index < -0.39 is 11.2 Å². The number of hydrogen-bond donors (Lipinski definition) is 1. The van der Waals surface area contributed by atoms with Crippen molar-refractivity contribution in [1.82, 2.24) is 9.88 Å². The third kappa shape index (κ3) is 2.26. The van der Waals surface area contributed by atoms with Crippen molar-refractivity contribution >= 4 is 6.09 Å². The molecule has 2 aliphatic rings. The molecule has 20 heavy (non-hydrogen) atoms. The van der Waals surface area contributed by atoms with Crippen molar-refractivity contribution < 1.29 is 19.4 Å². The maximum absolute atomic E-state index is 11.9. The molecule has 0 aromatic carbocycles. The molecule has 3 rings (SSSR count). The number of rotatable bonds is 0. The molecule has 6 heteroatoms. The zero-order chi connectivity index (χ0) is 14.5. The molecule has 1 spiro atoms. The maximum Gasteiger partial charge on any atom is 0.410 e. The zero-order valence-electron chi connectivity index (χ0n) is 11.8. The molecule has 1 aromatic heterocycles. The molecule has 0 radical (unpaired) electrons. The Balaban J connectivity index is 1.63. The van der Waals surface area contributed by atoms with E-state index in [9.17, 15) is 9.90 Å². The van der Waals surface area contributed by atoms with E-state index in [4.69, 9.17) is 9.47 Å². The molecule has 0 bridgehead atoms. The van der Waals surface area contributed by atoms with Gasteiger partial charge in [-0.25, -0.2) is 4.79 Å². The van der Waals surface area contributed by atoms with Crippen LogP contribution in [0.3, 0.4) is 0 Å². The number of aromatic nitrogens is 1. The fourth-order valence-corrected chi connectivity index (χ4v) is 2.55. The highest BCUT2D eigenvalue weighted by Gasteiger charge is 2.52. The highest BCUT2D eigenvalue weighted by atomic mass is 16.6. The number of nitrogens with zero attached hydrogens (tertiary/aromatic N) is 2. The molecule has 1 N–H and O–H groups in total. The highest BCUT2D eigenvalue weighted by Crippen LogP contribution is 2.40. The van der Waals surface area contributed by atoms with Crippen LogP contribution in [0.5, 0.6) is 11.8 Å². The van der Waals surface area contributed by atoms with Crippen molar-refractivity contribution in [3.8, 4) is 11.8 Å². The van der Waals surface area contributed by atoms with E-state index in [-0.39, 0.29) is 12.0 Å². The first-order valence-corrected chi connectivity index (χ1v) is 6.62. The van der Waals surface area contributed by atoms with Gasteiger partial charge in [0, 0.05) is 18.1 Å². The molecule has 0 unspecified atom stereocenters. The largest absolute Gasteiger partial charge is 0.493 e. The average Bonchev–Trinajstić information content (AvgIpc) is 2.62. The number of likely N-dealkylation sites (tertiary alicyclic amines) is 1. The van der Waals surface area contributed by atoms with Crippen LogP contribution in [-0.2, 0) is 11.2 Å². The van der Waals surface area contributed by atoms with Gasteiger partial charge in [0.25, 0.3) is 0 Å². The van der Waals surface area contributed by atoms with Gasteiger partial charge in [-0.15, -0.1) is 0 Å². The van der Waals surface area contributed by atoms with Gasteiger partial charge in [0.2, 0.25) is 11.8 Å². The predicted molar refractivity (Wildman–Crippen MR) is 70.8 cm³/mol. The van der Waals surface area contributed by atoms with Gasteiger partial charge in [0.15, 0.2) is 5.60 Å². The van der Waals surface area contributed by atoms with Crippen LogP contribution >= 0.6 is 0 Å². The summed E-state index contributed by atoms with van der Waals surface area (Å²) in [5, 5.41) is 9.35. The lowest BCUT2D eigenvalue weighted by molar-refractivity contribution is -0.0718. The van der Waals surface area contributed by atoms with Crippen molar-refractivity contribution in [1.29, 1.82) is 0 Å². The smallest absolute Gasteiger partial charge is 0.410 e. The van der Waals surface area contributed by atoms with Crippen molar-refractivity contribution in [2.45, 2.75) is 38.4 Å². The molecule has 2 aliphatic heterocycles. The number of aromatic hydroxyl groups is 1. The SMILES string of the molecule is CC(C)(C)OC(=O)N1CC2(Cc3ccc(O)nc3O2)C1. The number of pyridine rings is 1. The molecule has 3 heterocycles. The fraction of sp³-hybridized carbons (Fsp3) is 0.571. The van der Waals surface area contributed by atoms with Crippen LogP contribution in [0.1, 0.15) is 26.3 Å². The summed E-state index contributed by atoms with van der Waals surface area (Å²) in [6.07, 6.45) is 0.382. The minimum absolute atomic E-state index is 0.0517. The summed E-state index contributed by atoms with van der Waals surface area (Å²) in [6.45, 7) is 6.50. The topological polar surface area (TPSA) is 71.9 Å². The molecule has 1 saturated heterocycles. The van der Waals surface area contributed by atoms with E-state index in [0.717, 1.165) is 5.56 Å². The number of hydrogen-bond acceptors (Lipinski definition) is 5. The Kier molecular flexibility index (Phi) is 2.61. The number of amides is 1. The molecule has 0 saturated carbocycles. The Bertz CT molecular complexity index is 559. The molecule has 0 atom stereocenters. The van der Waals surface area contributed by atoms with E-state index in [0.29, 0.717) is 25.4 Å². The van der Waals surface area contributed by atoms with Gasteiger partial charge < -0.3 is 14.6 Å². The second kappa shape index (κ2) is 4.01. The highest BCUT2D eigenvalue weighted by molar-refractivity contribution is 5.70. The van der Waals surface area contributed by atoms with Crippen LogP contribution in [0.2, 0.25) is 0 Å². The van der Waals surface area contributed by atoms with Crippen molar-refractivity contribution in [2.75, 3.05) is 13.1 Å². The Morgan fingerprint density at radius 1 is 1.45 bits per heavy atom. The van der Waals surface area contributed by atoms with Crippen LogP contribution in [0.4, 0.5) is 4.79 Å². The third-order valence-electron chi connectivity index (χ3n) is 3.36. The number of carbonyl (C=O) groups is 1. The Hall–Kier alpha value is -1.98. The van der Waals surface area contributed by atoms with Gasteiger partial charge in [-0.3, -0.25) is 4.90 Å². The summed E-state index contributed by atoms with van der Waals surface area (Å²) in [6, 6.07) is 3.36. The molecule has 108 valence electrons. The van der Waals surface area contributed by atoms with Gasteiger partial charge in [-0.05, 0) is 26.8 Å². The van der Waals surface area contributed by atoms with Crippen LogP contribution in [-0.4, -0.2) is 45.4 Å². The van der Waals surface area contributed by atoms with Crippen LogP contribution in [0.15, 0.2) is 12.1 Å². The standard InChI is InChI=1S/C14H18N2O4/c1-13(2,3)20-12(18)16-7-14(8-16)6-9-4-5-10(17)15-11(9)19-14/h4-5H,6-8H2,1-3H3,(H,15,17). The minimum atomic E-state index is -0.493. The minimum Gasteiger partial charge on any atom is -0.493 e. The fourth-order valence-electron chi connectivity index (χ4n) is 2.55. The van der Waals surface area contributed by atoms with Crippen LogP contribution in [0.25, 0.3) is 0 Å². The van der Waals surface area contributed by atoms with E-state index >= 15 is 0 Å². The van der Waals surface area contributed by atoms with Gasteiger partial charge in [0.1, 0.15) is 5.60 Å². The van der Waals surface area contributed by atoms with E-state index in [1.807, 2.05) is 26.8 Å². The average molecular weight is 278 g/mol. The summed E-state index contributed by atoms with van der Waals surface area (Å²) in [5.41, 5.74) is 0.0684. The molecule has 1 aromatic rings. The second-order valence-electron chi connectivity index (χ2n) is 6.43. The van der Waals surface area contributed by atoms with Crippen LogP contribution in [0, 0.1) is 0 Å². The molecule has 0 aliphatic carbocycles. The van der Waals surface area contributed by atoms with Crippen molar-refractivity contribution in [2.24, 2.45) is 0 Å². The zero-order valence-corrected chi connectivity index (χ0v) is 11.8. The van der Waals surface area contributed by atoms with E-state index in [1.165, 1.54) is 0 Å². The Morgan fingerprint density at radius 3 is 2.80 bits per heavy atom. The lowest BCUT2D eigenvalue weighted by Crippen LogP contribution is -2.66. The lowest BCUT2D eigenvalue weighted by Gasteiger charge is -2.46. The summed E-state index contributed by atoms with van der Waals surface area (Å²) >= 11 is 0. The summed E-state index contributed by atoms with van der Waals surface area (Å²) < 4.78 is 11.1. The first kappa shape index (κ1) is 13.0. The number of fused-ring (bicyclic) bond motifs is 1. The molecule has 6 nitrogen and oxygen atoms in total. The first-order chi connectivity index (χ1) is 9.26. The Labute approximate surface area is 117 Å². The normalized spacial score (nSPS) is 19.2. The van der Waals surface area contributed by atoms with Gasteiger partial charge >= 0.3 is 6.09 Å². The van der Waals surface area contributed by atoms with E-state index in [2.05, 4.69) is 4.98 Å². The second-order valence-corrected chi connectivity index (χ2v) is 6.43. The van der Waals surface area contributed by atoms with Crippen molar-refractivity contribution in [3.05, 3.63) is 17.7 Å². The Morgan fingerprint density at radius 2 is 2.15 bits per heavy atom. The molecule has 1 amide bonds. The summed E-state index contributed by atoms with van der Waals surface area (Å²) in [5.74, 6) is 0.415. The predicted octanol–water partition coefficient (Wildman–Crippen LogP) is 1.71. The van der Waals surface area contributed by atoms with Crippen LogP contribution < -0.4 is 4.74 Å². The molecular weight excluding hydrogens is 260 g/mol. The van der Waals surface area contributed by atoms with Gasteiger partial charge in [0.05, 0.1) is 13.1 Å². The van der Waals surface area contributed by atoms with E-state index in [1.54, 1.807) is 11.0 Å². The number of ether oxygens (including phenoxy) is 2. The lowest BCUT2D eigenvalue weighted by atomic mass is 9.90.